The number of aryl methyl sites for hydroxylation is 1. The Morgan fingerprint density at radius 2 is 1.82 bits per heavy atom. The summed E-state index contributed by atoms with van der Waals surface area (Å²) >= 11 is 5.08. The quantitative estimate of drug-likeness (QED) is 0.375. The molecule has 0 saturated heterocycles. The van der Waals surface area contributed by atoms with Gasteiger partial charge in [-0.1, -0.05) is 54.0 Å². The van der Waals surface area contributed by atoms with E-state index < -0.39 is 10.0 Å². The molecule has 0 spiro atoms. The van der Waals surface area contributed by atoms with Crippen molar-refractivity contribution in [1.82, 2.24) is 9.21 Å². The molecule has 4 rings (SSSR count). The highest BCUT2D eigenvalue weighted by Crippen LogP contribution is 2.39. The summed E-state index contributed by atoms with van der Waals surface area (Å²) in [5.74, 6) is -0.0959. The third-order valence-corrected chi connectivity index (χ3v) is 9.45. The molecule has 34 heavy (non-hydrogen) atoms. The average Bonchev–Trinajstić information content (AvgIpc) is 3.27. The van der Waals surface area contributed by atoms with Crippen LogP contribution in [-0.2, 0) is 21.2 Å². The van der Waals surface area contributed by atoms with E-state index in [9.17, 15) is 13.2 Å². The van der Waals surface area contributed by atoms with Crippen molar-refractivity contribution in [2.45, 2.75) is 38.1 Å². The SMILES string of the molecule is Cc1ccccc1C1c2ccsc2CCN1C(=O)CN(CC(C)C)S(=O)(=O)c1ccc(Br)cc1. The lowest BCUT2D eigenvalue weighted by Crippen LogP contribution is -2.47. The zero-order valence-corrected chi connectivity index (χ0v) is 22.8. The molecule has 2 heterocycles. The van der Waals surface area contributed by atoms with Gasteiger partial charge in [0.05, 0.1) is 17.5 Å². The van der Waals surface area contributed by atoms with Gasteiger partial charge in [-0.25, -0.2) is 8.42 Å². The van der Waals surface area contributed by atoms with Crippen LogP contribution < -0.4 is 0 Å². The highest BCUT2D eigenvalue weighted by Gasteiger charge is 2.36. The van der Waals surface area contributed by atoms with Crippen molar-refractivity contribution in [3.63, 3.8) is 0 Å². The number of halogens is 1. The molecule has 0 N–H and O–H groups in total. The van der Waals surface area contributed by atoms with Gasteiger partial charge in [0.15, 0.2) is 0 Å². The van der Waals surface area contributed by atoms with Crippen molar-refractivity contribution in [2.24, 2.45) is 5.92 Å². The molecule has 0 bridgehead atoms. The zero-order chi connectivity index (χ0) is 24.5. The number of nitrogens with zero attached hydrogens (tertiary/aromatic N) is 2. The number of fused-ring (bicyclic) bond motifs is 1. The summed E-state index contributed by atoms with van der Waals surface area (Å²) in [5, 5.41) is 2.08. The van der Waals surface area contributed by atoms with E-state index >= 15 is 0 Å². The number of amides is 1. The van der Waals surface area contributed by atoms with Crippen molar-refractivity contribution in [1.29, 1.82) is 0 Å². The molecule has 1 unspecified atom stereocenters. The van der Waals surface area contributed by atoms with E-state index in [-0.39, 0.29) is 35.9 Å². The minimum absolute atomic E-state index is 0.0787. The fourth-order valence-electron chi connectivity index (χ4n) is 4.47. The van der Waals surface area contributed by atoms with Gasteiger partial charge in [-0.2, -0.15) is 4.31 Å². The van der Waals surface area contributed by atoms with E-state index in [1.165, 1.54) is 9.18 Å². The fraction of sp³-hybridized carbons (Fsp3) is 0.346. The number of hydrogen-bond donors (Lipinski definition) is 0. The molecule has 2 aromatic carbocycles. The predicted octanol–water partition coefficient (Wildman–Crippen LogP) is 5.64. The largest absolute Gasteiger partial charge is 0.330 e. The van der Waals surface area contributed by atoms with Crippen molar-refractivity contribution in [2.75, 3.05) is 19.6 Å². The van der Waals surface area contributed by atoms with Crippen LogP contribution in [0, 0.1) is 12.8 Å². The van der Waals surface area contributed by atoms with Crippen LogP contribution in [0.1, 0.15) is 41.5 Å². The van der Waals surface area contributed by atoms with Gasteiger partial charge in [-0.05, 0) is 71.7 Å². The number of hydrogen-bond acceptors (Lipinski definition) is 4. The van der Waals surface area contributed by atoms with Crippen molar-refractivity contribution in [3.8, 4) is 0 Å². The van der Waals surface area contributed by atoms with E-state index in [1.807, 2.05) is 30.9 Å². The van der Waals surface area contributed by atoms with Gasteiger partial charge >= 0.3 is 0 Å². The number of sulfonamides is 1. The van der Waals surface area contributed by atoms with E-state index in [1.54, 1.807) is 35.6 Å². The summed E-state index contributed by atoms with van der Waals surface area (Å²) in [6.07, 6.45) is 0.783. The lowest BCUT2D eigenvalue weighted by atomic mass is 9.90. The van der Waals surface area contributed by atoms with Crippen LogP contribution in [0.2, 0.25) is 0 Å². The van der Waals surface area contributed by atoms with Crippen LogP contribution in [0.3, 0.4) is 0 Å². The maximum atomic E-state index is 13.8. The zero-order valence-electron chi connectivity index (χ0n) is 19.6. The number of carbonyl (C=O) groups is 1. The molecule has 0 radical (unpaired) electrons. The summed E-state index contributed by atoms with van der Waals surface area (Å²) in [7, 11) is -3.82. The third kappa shape index (κ3) is 5.15. The number of benzene rings is 2. The lowest BCUT2D eigenvalue weighted by molar-refractivity contribution is -0.133. The molecule has 0 saturated carbocycles. The van der Waals surface area contributed by atoms with Crippen LogP contribution in [0.5, 0.6) is 0 Å². The molecule has 180 valence electrons. The smallest absolute Gasteiger partial charge is 0.243 e. The first-order valence-corrected chi connectivity index (χ1v) is 14.5. The van der Waals surface area contributed by atoms with E-state index in [0.29, 0.717) is 6.54 Å². The van der Waals surface area contributed by atoms with Gasteiger partial charge in [0, 0.05) is 22.4 Å². The molecule has 1 aromatic heterocycles. The molecule has 1 aliphatic heterocycles. The average molecular weight is 562 g/mol. The number of rotatable bonds is 7. The summed E-state index contributed by atoms with van der Waals surface area (Å²) in [4.78, 5) is 17.1. The summed E-state index contributed by atoms with van der Waals surface area (Å²) < 4.78 is 29.1. The molecule has 0 aliphatic carbocycles. The summed E-state index contributed by atoms with van der Waals surface area (Å²) in [6.45, 7) is 6.64. The number of carbonyl (C=O) groups excluding carboxylic acids is 1. The molecule has 3 aromatic rings. The Morgan fingerprint density at radius 1 is 1.12 bits per heavy atom. The molecule has 1 aliphatic rings. The Morgan fingerprint density at radius 3 is 2.50 bits per heavy atom. The van der Waals surface area contributed by atoms with Gasteiger partial charge in [0.2, 0.25) is 15.9 Å². The van der Waals surface area contributed by atoms with Crippen LogP contribution >= 0.6 is 27.3 Å². The summed E-state index contributed by atoms with van der Waals surface area (Å²) in [6, 6.07) is 16.6. The van der Waals surface area contributed by atoms with Crippen LogP contribution in [0.4, 0.5) is 0 Å². The molecule has 1 atom stereocenters. The highest BCUT2D eigenvalue weighted by molar-refractivity contribution is 9.10. The van der Waals surface area contributed by atoms with Gasteiger partial charge in [0.25, 0.3) is 0 Å². The Hall–Kier alpha value is -2.00. The molecule has 1 amide bonds. The second-order valence-electron chi connectivity index (χ2n) is 9.04. The predicted molar refractivity (Wildman–Crippen MR) is 140 cm³/mol. The maximum Gasteiger partial charge on any atom is 0.243 e. The maximum absolute atomic E-state index is 13.8. The van der Waals surface area contributed by atoms with Gasteiger partial charge < -0.3 is 4.90 Å². The van der Waals surface area contributed by atoms with Crippen molar-refractivity contribution >= 4 is 43.2 Å². The minimum atomic E-state index is -3.82. The van der Waals surface area contributed by atoms with Gasteiger partial charge in [0.1, 0.15) is 0 Å². The van der Waals surface area contributed by atoms with Gasteiger partial charge in [-0.15, -0.1) is 11.3 Å². The Balaban J connectivity index is 1.68. The standard InChI is InChI=1S/C26H29BrN2O3S2/c1-18(2)16-28(34(31,32)21-10-8-20(27)9-11-21)17-25(30)29-14-12-24-23(13-15-33-24)26(29)22-7-5-4-6-19(22)3/h4-11,13,15,18,26H,12,14,16-17H2,1-3H3. The normalized spacial score (nSPS) is 16.2. The molecule has 5 nitrogen and oxygen atoms in total. The van der Waals surface area contributed by atoms with E-state index in [0.717, 1.165) is 27.6 Å². The third-order valence-electron chi connectivity index (χ3n) is 6.10. The summed E-state index contributed by atoms with van der Waals surface area (Å²) in [5.41, 5.74) is 3.34. The first kappa shape index (κ1) is 25.1. The molecule has 0 fully saturated rings. The number of thiophene rings is 1. The van der Waals surface area contributed by atoms with Crippen LogP contribution in [0.15, 0.2) is 69.3 Å². The first-order chi connectivity index (χ1) is 16.2. The van der Waals surface area contributed by atoms with Gasteiger partial charge in [-0.3, -0.25) is 4.79 Å². The molecule has 8 heteroatoms. The lowest BCUT2D eigenvalue weighted by Gasteiger charge is -2.38. The highest BCUT2D eigenvalue weighted by atomic mass is 79.9. The van der Waals surface area contributed by atoms with Crippen molar-refractivity contribution in [3.05, 3.63) is 86.0 Å². The Labute approximate surface area is 214 Å². The topological polar surface area (TPSA) is 57.7 Å². The van der Waals surface area contributed by atoms with E-state index in [4.69, 9.17) is 0 Å². The molecular formula is C26H29BrN2O3S2. The Kier molecular flexibility index (Phi) is 7.62. The second kappa shape index (κ2) is 10.3. The second-order valence-corrected chi connectivity index (χ2v) is 12.9. The fourth-order valence-corrected chi connectivity index (χ4v) is 7.19. The van der Waals surface area contributed by atoms with Crippen LogP contribution in [-0.4, -0.2) is 43.2 Å². The van der Waals surface area contributed by atoms with E-state index in [2.05, 4.69) is 46.4 Å². The minimum Gasteiger partial charge on any atom is -0.330 e. The van der Waals surface area contributed by atoms with Crippen molar-refractivity contribution < 1.29 is 13.2 Å². The molecular weight excluding hydrogens is 532 g/mol. The van der Waals surface area contributed by atoms with Crippen LogP contribution in [0.25, 0.3) is 0 Å². The Bertz CT molecular complexity index is 1270. The monoisotopic (exact) mass is 560 g/mol. The first-order valence-electron chi connectivity index (χ1n) is 11.4.